The molecule has 8 nitrogen and oxygen atoms in total. The lowest BCUT2D eigenvalue weighted by Crippen LogP contribution is -2.51. The molecule has 0 aromatic rings. The summed E-state index contributed by atoms with van der Waals surface area (Å²) >= 11 is 0. The van der Waals surface area contributed by atoms with E-state index in [4.69, 9.17) is 10.5 Å². The number of carboxylic acids is 1. The minimum absolute atomic E-state index is 0.0223. The van der Waals surface area contributed by atoms with Gasteiger partial charge >= 0.3 is 12.0 Å². The second-order valence-electron chi connectivity index (χ2n) is 5.98. The quantitative estimate of drug-likeness (QED) is 0.534. The fraction of sp³-hybridized carbons (Fsp3) is 0.769. The molecular formula is C13H23N3O5. The van der Waals surface area contributed by atoms with E-state index in [0.29, 0.717) is 26.1 Å². The standard InChI is InChI=1S/C13H23N3O5/c1-12(2,9(14)17)7-15-11(20)16-8-13(10(18)19)3-5-21-6-4-13/h3-8H2,1-2H3,(H2,14,17)(H,18,19)(H2,15,16,20). The van der Waals surface area contributed by atoms with E-state index in [1.165, 1.54) is 0 Å². The van der Waals surface area contributed by atoms with Gasteiger partial charge in [-0.1, -0.05) is 0 Å². The van der Waals surface area contributed by atoms with Crippen LogP contribution in [0.1, 0.15) is 26.7 Å². The highest BCUT2D eigenvalue weighted by Crippen LogP contribution is 2.30. The second-order valence-corrected chi connectivity index (χ2v) is 5.98. The average Bonchev–Trinajstić information content (AvgIpc) is 2.43. The minimum atomic E-state index is -0.991. The molecule has 120 valence electrons. The van der Waals surface area contributed by atoms with Gasteiger partial charge in [0.25, 0.3) is 0 Å². The molecule has 0 aromatic carbocycles. The van der Waals surface area contributed by atoms with E-state index in [1.54, 1.807) is 13.8 Å². The van der Waals surface area contributed by atoms with Crippen LogP contribution in [0.25, 0.3) is 0 Å². The van der Waals surface area contributed by atoms with Crippen molar-refractivity contribution in [3.8, 4) is 0 Å². The first-order valence-electron chi connectivity index (χ1n) is 6.82. The highest BCUT2D eigenvalue weighted by Gasteiger charge is 2.40. The summed E-state index contributed by atoms with van der Waals surface area (Å²) in [4.78, 5) is 34.3. The predicted molar refractivity (Wildman–Crippen MR) is 74.5 cm³/mol. The van der Waals surface area contributed by atoms with Crippen LogP contribution in [-0.4, -0.2) is 49.3 Å². The van der Waals surface area contributed by atoms with E-state index in [2.05, 4.69) is 10.6 Å². The number of carbonyl (C=O) groups excluding carboxylic acids is 2. The van der Waals surface area contributed by atoms with Crippen molar-refractivity contribution in [3.63, 3.8) is 0 Å². The molecule has 0 radical (unpaired) electrons. The maximum atomic E-state index is 11.7. The first-order valence-corrected chi connectivity index (χ1v) is 6.82. The van der Waals surface area contributed by atoms with Crippen LogP contribution in [-0.2, 0) is 14.3 Å². The largest absolute Gasteiger partial charge is 0.481 e. The van der Waals surface area contributed by atoms with Crippen molar-refractivity contribution < 1.29 is 24.2 Å². The van der Waals surface area contributed by atoms with E-state index in [1.807, 2.05) is 0 Å². The van der Waals surface area contributed by atoms with Crippen LogP contribution >= 0.6 is 0 Å². The molecule has 8 heteroatoms. The number of rotatable bonds is 6. The van der Waals surface area contributed by atoms with Gasteiger partial charge in [-0.2, -0.15) is 0 Å². The fourth-order valence-corrected chi connectivity index (χ4v) is 1.93. The van der Waals surface area contributed by atoms with Gasteiger partial charge in [-0.05, 0) is 26.7 Å². The Kier molecular flexibility index (Phi) is 5.54. The van der Waals surface area contributed by atoms with Crippen molar-refractivity contribution >= 4 is 17.9 Å². The molecule has 3 amide bonds. The molecular weight excluding hydrogens is 278 g/mol. The molecule has 21 heavy (non-hydrogen) atoms. The highest BCUT2D eigenvalue weighted by molar-refractivity contribution is 5.82. The minimum Gasteiger partial charge on any atom is -0.481 e. The number of ether oxygens (including phenoxy) is 1. The second kappa shape index (κ2) is 6.75. The lowest BCUT2D eigenvalue weighted by atomic mass is 9.80. The van der Waals surface area contributed by atoms with Gasteiger partial charge in [0.05, 0.1) is 10.8 Å². The normalized spacial score (nSPS) is 17.8. The summed E-state index contributed by atoms with van der Waals surface area (Å²) in [7, 11) is 0. The lowest BCUT2D eigenvalue weighted by Gasteiger charge is -2.33. The lowest BCUT2D eigenvalue weighted by molar-refractivity contribution is -0.154. The molecule has 0 atom stereocenters. The summed E-state index contributed by atoms with van der Waals surface area (Å²) in [6.45, 7) is 4.07. The van der Waals surface area contributed by atoms with Crippen LogP contribution in [0.4, 0.5) is 4.79 Å². The molecule has 5 N–H and O–H groups in total. The van der Waals surface area contributed by atoms with Crippen molar-refractivity contribution in [2.45, 2.75) is 26.7 Å². The Morgan fingerprint density at radius 2 is 1.81 bits per heavy atom. The number of urea groups is 1. The van der Waals surface area contributed by atoms with Crippen molar-refractivity contribution in [1.29, 1.82) is 0 Å². The Balaban J connectivity index is 2.48. The predicted octanol–water partition coefficient (Wildman–Crippen LogP) is -0.321. The topological polar surface area (TPSA) is 131 Å². The molecule has 1 saturated heterocycles. The van der Waals surface area contributed by atoms with Crippen LogP contribution in [0.2, 0.25) is 0 Å². The van der Waals surface area contributed by atoms with Gasteiger partial charge in [0.15, 0.2) is 0 Å². The fourth-order valence-electron chi connectivity index (χ4n) is 1.93. The number of nitrogens with two attached hydrogens (primary N) is 1. The van der Waals surface area contributed by atoms with Crippen LogP contribution in [0.15, 0.2) is 0 Å². The van der Waals surface area contributed by atoms with Crippen molar-refractivity contribution in [3.05, 3.63) is 0 Å². The molecule has 1 aliphatic rings. The number of amides is 3. The summed E-state index contributed by atoms with van der Waals surface area (Å²) in [6.07, 6.45) is 0.713. The third-order valence-corrected chi connectivity index (χ3v) is 3.85. The van der Waals surface area contributed by atoms with E-state index in [9.17, 15) is 19.5 Å². The molecule has 0 saturated carbocycles. The molecule has 1 aliphatic heterocycles. The highest BCUT2D eigenvalue weighted by atomic mass is 16.5. The molecule has 0 spiro atoms. The van der Waals surface area contributed by atoms with E-state index >= 15 is 0 Å². The van der Waals surface area contributed by atoms with Gasteiger partial charge in [-0.25, -0.2) is 4.79 Å². The number of carbonyl (C=O) groups is 3. The maximum absolute atomic E-state index is 11.7. The van der Waals surface area contributed by atoms with Crippen molar-refractivity contribution in [2.75, 3.05) is 26.3 Å². The number of nitrogens with one attached hydrogen (secondary N) is 2. The zero-order valence-corrected chi connectivity index (χ0v) is 12.4. The van der Waals surface area contributed by atoms with E-state index in [-0.39, 0.29) is 13.1 Å². The number of aliphatic carboxylic acids is 1. The molecule has 1 heterocycles. The Morgan fingerprint density at radius 1 is 1.24 bits per heavy atom. The Morgan fingerprint density at radius 3 is 2.29 bits per heavy atom. The number of hydrogen-bond acceptors (Lipinski definition) is 4. The van der Waals surface area contributed by atoms with E-state index < -0.39 is 28.7 Å². The van der Waals surface area contributed by atoms with Crippen LogP contribution in [0.5, 0.6) is 0 Å². The molecule has 0 bridgehead atoms. The Hall–Kier alpha value is -1.83. The third-order valence-electron chi connectivity index (χ3n) is 3.85. The van der Waals surface area contributed by atoms with Gasteiger partial charge in [-0.3, -0.25) is 9.59 Å². The van der Waals surface area contributed by atoms with Gasteiger partial charge < -0.3 is 26.2 Å². The van der Waals surface area contributed by atoms with Gasteiger partial charge in [0, 0.05) is 26.3 Å². The van der Waals surface area contributed by atoms with Crippen molar-refractivity contribution in [2.24, 2.45) is 16.6 Å². The number of carboxylic acid groups (broad SMARTS) is 1. The molecule has 0 aliphatic carbocycles. The molecule has 0 aromatic heterocycles. The van der Waals surface area contributed by atoms with Crippen LogP contribution < -0.4 is 16.4 Å². The van der Waals surface area contributed by atoms with E-state index in [0.717, 1.165) is 0 Å². The van der Waals surface area contributed by atoms with Crippen LogP contribution in [0.3, 0.4) is 0 Å². The van der Waals surface area contributed by atoms with Crippen molar-refractivity contribution in [1.82, 2.24) is 10.6 Å². The average molecular weight is 301 g/mol. The summed E-state index contributed by atoms with van der Waals surface area (Å²) in [6, 6.07) is -0.517. The first kappa shape index (κ1) is 17.2. The third kappa shape index (κ3) is 4.59. The number of primary amides is 1. The molecule has 1 fully saturated rings. The summed E-state index contributed by atoms with van der Waals surface area (Å²) < 4.78 is 5.16. The van der Waals surface area contributed by atoms with Gasteiger partial charge in [-0.15, -0.1) is 0 Å². The maximum Gasteiger partial charge on any atom is 0.314 e. The van der Waals surface area contributed by atoms with Gasteiger partial charge in [0.1, 0.15) is 0 Å². The monoisotopic (exact) mass is 301 g/mol. The Bertz CT molecular complexity index is 416. The zero-order chi connectivity index (χ0) is 16.1. The summed E-state index contributed by atoms with van der Waals surface area (Å²) in [5.74, 6) is -1.46. The molecule has 1 rings (SSSR count). The molecule has 0 unspecified atom stereocenters. The number of hydrogen-bond donors (Lipinski definition) is 4. The zero-order valence-electron chi connectivity index (χ0n) is 12.4. The Labute approximate surface area is 123 Å². The smallest absolute Gasteiger partial charge is 0.314 e. The SMILES string of the molecule is CC(C)(CNC(=O)NCC1(C(=O)O)CCOCC1)C(N)=O. The van der Waals surface area contributed by atoms with Gasteiger partial charge in [0.2, 0.25) is 5.91 Å². The van der Waals surface area contributed by atoms with Crippen LogP contribution in [0, 0.1) is 10.8 Å². The summed E-state index contributed by atoms with van der Waals surface area (Å²) in [5.41, 5.74) is 3.35. The summed E-state index contributed by atoms with van der Waals surface area (Å²) in [5, 5.41) is 14.4. The first-order chi connectivity index (χ1) is 9.69.